The number of aromatic nitrogens is 2. The number of rotatable bonds is 7. The molecule has 3 N–H and O–H groups in total. The van der Waals surface area contributed by atoms with Crippen LogP contribution in [0, 0.1) is 6.92 Å². The van der Waals surface area contributed by atoms with Gasteiger partial charge in [0.25, 0.3) is 5.91 Å². The summed E-state index contributed by atoms with van der Waals surface area (Å²) in [4.78, 5) is 40.6. The first-order valence-corrected chi connectivity index (χ1v) is 8.82. The minimum absolute atomic E-state index is 0.0299. The van der Waals surface area contributed by atoms with Gasteiger partial charge in [0.1, 0.15) is 5.75 Å². The Kier molecular flexibility index (Phi) is 5.78. The zero-order chi connectivity index (χ0) is 20.1. The SMILES string of the molecule is Cc1cccc(OCCC(=O)O[C@H](C)C(=O)Nc2ccc3[nH]c(=O)[nH]c3c2)c1. The van der Waals surface area contributed by atoms with E-state index in [1.54, 1.807) is 18.2 Å². The van der Waals surface area contributed by atoms with Gasteiger partial charge in [-0.05, 0) is 49.7 Å². The Morgan fingerprint density at radius 2 is 1.89 bits per heavy atom. The number of imidazole rings is 1. The van der Waals surface area contributed by atoms with Crippen LogP contribution in [-0.2, 0) is 14.3 Å². The number of H-pyrrole nitrogens is 2. The van der Waals surface area contributed by atoms with Crippen molar-refractivity contribution in [1.82, 2.24) is 9.97 Å². The Balaban J connectivity index is 1.47. The molecule has 0 bridgehead atoms. The highest BCUT2D eigenvalue weighted by atomic mass is 16.5. The van der Waals surface area contributed by atoms with Crippen molar-refractivity contribution in [3.63, 3.8) is 0 Å². The quantitative estimate of drug-likeness (QED) is 0.543. The third kappa shape index (κ3) is 5.00. The maximum atomic E-state index is 12.2. The van der Waals surface area contributed by atoms with Gasteiger partial charge in [-0.15, -0.1) is 0 Å². The van der Waals surface area contributed by atoms with Crippen molar-refractivity contribution in [2.75, 3.05) is 11.9 Å². The van der Waals surface area contributed by atoms with E-state index >= 15 is 0 Å². The van der Waals surface area contributed by atoms with Crippen LogP contribution in [-0.4, -0.2) is 34.6 Å². The number of fused-ring (bicyclic) bond motifs is 1. The van der Waals surface area contributed by atoms with Crippen molar-refractivity contribution < 1.29 is 19.1 Å². The lowest BCUT2D eigenvalue weighted by Crippen LogP contribution is -2.30. The number of nitrogens with one attached hydrogen (secondary N) is 3. The van der Waals surface area contributed by atoms with E-state index in [0.717, 1.165) is 5.56 Å². The number of benzene rings is 2. The van der Waals surface area contributed by atoms with E-state index < -0.39 is 18.0 Å². The van der Waals surface area contributed by atoms with Crippen molar-refractivity contribution in [2.24, 2.45) is 0 Å². The standard InChI is InChI=1S/C20H21N3O5/c1-12-4-3-5-15(10-12)27-9-8-18(24)28-13(2)19(25)21-14-6-7-16-17(11-14)23-20(26)22-16/h3-7,10-11,13H,8-9H2,1-2H3,(H,21,25)(H2,22,23,26)/t13-/m1/s1. The molecule has 0 radical (unpaired) electrons. The zero-order valence-electron chi connectivity index (χ0n) is 15.6. The van der Waals surface area contributed by atoms with Crippen molar-refractivity contribution in [2.45, 2.75) is 26.4 Å². The molecule has 0 fully saturated rings. The van der Waals surface area contributed by atoms with Crippen LogP contribution in [0.25, 0.3) is 11.0 Å². The Hall–Kier alpha value is -3.55. The Morgan fingerprint density at radius 3 is 2.68 bits per heavy atom. The number of amides is 1. The van der Waals surface area contributed by atoms with Gasteiger partial charge in [-0.25, -0.2) is 4.79 Å². The van der Waals surface area contributed by atoms with Crippen molar-refractivity contribution in [1.29, 1.82) is 0 Å². The molecular formula is C20H21N3O5. The second-order valence-corrected chi connectivity index (χ2v) is 6.38. The summed E-state index contributed by atoms with van der Waals surface area (Å²) in [5, 5.41) is 2.65. The van der Waals surface area contributed by atoms with Gasteiger partial charge in [0.2, 0.25) is 0 Å². The van der Waals surface area contributed by atoms with Crippen LogP contribution in [0.3, 0.4) is 0 Å². The van der Waals surface area contributed by atoms with E-state index in [-0.39, 0.29) is 18.7 Å². The summed E-state index contributed by atoms with van der Waals surface area (Å²) in [5.41, 5.74) is 2.43. The van der Waals surface area contributed by atoms with Gasteiger partial charge in [-0.2, -0.15) is 0 Å². The van der Waals surface area contributed by atoms with Crippen LogP contribution >= 0.6 is 0 Å². The molecular weight excluding hydrogens is 362 g/mol. The normalized spacial score (nSPS) is 11.8. The highest BCUT2D eigenvalue weighted by Gasteiger charge is 2.18. The molecule has 0 aliphatic rings. The Bertz CT molecular complexity index is 1050. The number of aryl methyl sites for hydroxylation is 1. The first-order chi connectivity index (χ1) is 13.4. The topological polar surface area (TPSA) is 113 Å². The van der Waals surface area contributed by atoms with Crippen LogP contribution in [0.1, 0.15) is 18.9 Å². The number of ether oxygens (including phenoxy) is 2. The molecule has 1 heterocycles. The monoisotopic (exact) mass is 383 g/mol. The molecule has 0 aliphatic carbocycles. The number of esters is 1. The highest BCUT2D eigenvalue weighted by molar-refractivity contribution is 5.96. The molecule has 28 heavy (non-hydrogen) atoms. The Morgan fingerprint density at radius 1 is 1.11 bits per heavy atom. The van der Waals surface area contributed by atoms with E-state index in [4.69, 9.17) is 9.47 Å². The van der Waals surface area contributed by atoms with Gasteiger partial charge in [-0.3, -0.25) is 9.59 Å². The lowest BCUT2D eigenvalue weighted by Gasteiger charge is -2.14. The number of hydrogen-bond acceptors (Lipinski definition) is 5. The van der Waals surface area contributed by atoms with Gasteiger partial charge in [-0.1, -0.05) is 12.1 Å². The minimum atomic E-state index is -0.965. The van der Waals surface area contributed by atoms with Gasteiger partial charge in [0, 0.05) is 5.69 Å². The van der Waals surface area contributed by atoms with Crippen LogP contribution in [0.2, 0.25) is 0 Å². The predicted octanol–water partition coefficient (Wildman–Crippen LogP) is 2.50. The maximum Gasteiger partial charge on any atom is 0.323 e. The first kappa shape index (κ1) is 19.2. The molecule has 3 rings (SSSR count). The molecule has 0 saturated heterocycles. The fourth-order valence-electron chi connectivity index (χ4n) is 2.62. The summed E-state index contributed by atoms with van der Waals surface area (Å²) in [7, 11) is 0. The summed E-state index contributed by atoms with van der Waals surface area (Å²) in [6.45, 7) is 3.60. The average molecular weight is 383 g/mol. The first-order valence-electron chi connectivity index (χ1n) is 8.82. The summed E-state index contributed by atoms with van der Waals surface area (Å²) >= 11 is 0. The van der Waals surface area contributed by atoms with E-state index in [9.17, 15) is 14.4 Å². The number of carbonyl (C=O) groups is 2. The fraction of sp³-hybridized carbons (Fsp3) is 0.250. The smallest absolute Gasteiger partial charge is 0.323 e. The van der Waals surface area contributed by atoms with Crippen LogP contribution in [0.4, 0.5) is 5.69 Å². The molecule has 1 amide bonds. The number of hydrogen-bond donors (Lipinski definition) is 3. The molecule has 1 atom stereocenters. The van der Waals surface area contributed by atoms with Crippen LogP contribution < -0.4 is 15.7 Å². The highest BCUT2D eigenvalue weighted by Crippen LogP contribution is 2.15. The van der Waals surface area contributed by atoms with E-state index in [2.05, 4.69) is 15.3 Å². The summed E-state index contributed by atoms with van der Waals surface area (Å²) in [6.07, 6.45) is -0.935. The van der Waals surface area contributed by atoms with Crippen LogP contribution in [0.15, 0.2) is 47.3 Å². The zero-order valence-corrected chi connectivity index (χ0v) is 15.6. The number of anilines is 1. The van der Waals surface area contributed by atoms with Crippen molar-refractivity contribution >= 4 is 28.6 Å². The number of carbonyl (C=O) groups excluding carboxylic acids is 2. The third-order valence-electron chi connectivity index (χ3n) is 4.03. The second kappa shape index (κ2) is 8.43. The average Bonchev–Trinajstić information content (AvgIpc) is 3.01. The lowest BCUT2D eigenvalue weighted by atomic mass is 10.2. The Labute approximate surface area is 160 Å². The second-order valence-electron chi connectivity index (χ2n) is 6.38. The molecule has 3 aromatic rings. The van der Waals surface area contributed by atoms with Crippen molar-refractivity contribution in [3.05, 3.63) is 58.5 Å². The summed E-state index contributed by atoms with van der Waals surface area (Å²) in [5.74, 6) is -0.317. The molecule has 0 saturated carbocycles. The molecule has 0 aliphatic heterocycles. The third-order valence-corrected chi connectivity index (χ3v) is 4.03. The number of aromatic amines is 2. The van der Waals surface area contributed by atoms with E-state index in [1.165, 1.54) is 6.92 Å². The molecule has 146 valence electrons. The van der Waals surface area contributed by atoms with E-state index in [1.807, 2.05) is 31.2 Å². The maximum absolute atomic E-state index is 12.2. The minimum Gasteiger partial charge on any atom is -0.493 e. The fourth-order valence-corrected chi connectivity index (χ4v) is 2.62. The van der Waals surface area contributed by atoms with Gasteiger partial charge in [0.15, 0.2) is 6.10 Å². The molecule has 0 unspecified atom stereocenters. The lowest BCUT2D eigenvalue weighted by molar-refractivity contribution is -0.153. The van der Waals surface area contributed by atoms with Gasteiger partial charge < -0.3 is 24.8 Å². The van der Waals surface area contributed by atoms with Gasteiger partial charge >= 0.3 is 11.7 Å². The summed E-state index contributed by atoms with van der Waals surface area (Å²) in [6, 6.07) is 12.4. The van der Waals surface area contributed by atoms with Gasteiger partial charge in [0.05, 0.1) is 24.1 Å². The van der Waals surface area contributed by atoms with Crippen LogP contribution in [0.5, 0.6) is 5.75 Å². The van der Waals surface area contributed by atoms with E-state index in [0.29, 0.717) is 22.5 Å². The summed E-state index contributed by atoms with van der Waals surface area (Å²) < 4.78 is 10.6. The largest absolute Gasteiger partial charge is 0.493 e. The van der Waals surface area contributed by atoms with Crippen molar-refractivity contribution in [3.8, 4) is 5.75 Å². The predicted molar refractivity (Wildman–Crippen MR) is 104 cm³/mol. The molecule has 2 aromatic carbocycles. The molecule has 8 nitrogen and oxygen atoms in total. The molecule has 8 heteroatoms. The molecule has 1 aromatic heterocycles. The molecule has 0 spiro atoms.